The van der Waals surface area contributed by atoms with Gasteiger partial charge in [-0.05, 0) is 61.9 Å². The van der Waals surface area contributed by atoms with E-state index >= 15 is 0 Å². The van der Waals surface area contributed by atoms with Gasteiger partial charge >= 0.3 is 0 Å². The Morgan fingerprint density at radius 3 is 2.21 bits per heavy atom. The summed E-state index contributed by atoms with van der Waals surface area (Å²) in [4.78, 5) is 40.3. The van der Waals surface area contributed by atoms with Crippen molar-refractivity contribution in [2.24, 2.45) is 13.0 Å². The number of nitrogens with one attached hydrogen (secondary N) is 1. The van der Waals surface area contributed by atoms with E-state index in [9.17, 15) is 22.8 Å². The van der Waals surface area contributed by atoms with Crippen LogP contribution in [0.15, 0.2) is 46.2 Å². The summed E-state index contributed by atoms with van der Waals surface area (Å²) < 4.78 is 28.1. The predicted octanol–water partition coefficient (Wildman–Crippen LogP) is 2.29. The molecule has 2 amide bonds. The molecule has 0 atom stereocenters. The molecule has 10 heteroatoms. The minimum atomic E-state index is -3.58. The average molecular weight is 487 g/mol. The van der Waals surface area contributed by atoms with Crippen molar-refractivity contribution in [1.29, 1.82) is 0 Å². The largest absolute Gasteiger partial charge is 0.339 e. The van der Waals surface area contributed by atoms with E-state index in [1.54, 1.807) is 4.90 Å². The highest BCUT2D eigenvalue weighted by Gasteiger charge is 2.27. The van der Waals surface area contributed by atoms with Crippen LogP contribution in [-0.4, -0.2) is 60.2 Å². The van der Waals surface area contributed by atoms with Gasteiger partial charge in [0.05, 0.1) is 10.5 Å². The fourth-order valence-corrected chi connectivity index (χ4v) is 5.88. The molecular weight excluding hydrogens is 456 g/mol. The number of nitrogens with zero attached hydrogens (tertiary/aromatic N) is 3. The Morgan fingerprint density at radius 2 is 1.59 bits per heavy atom. The number of amides is 2. The van der Waals surface area contributed by atoms with Gasteiger partial charge in [-0.3, -0.25) is 14.4 Å². The third-order valence-electron chi connectivity index (χ3n) is 6.57. The SMILES string of the molecule is CC1CCN(C(=O)c2cc(NC(=O)c3ccc(S(=O)(=O)N4CCCC4)cc3)c(=O)n(C)c2)CC1. The van der Waals surface area contributed by atoms with Gasteiger partial charge < -0.3 is 14.8 Å². The fourth-order valence-electron chi connectivity index (χ4n) is 4.36. The molecule has 3 heterocycles. The molecule has 0 saturated carbocycles. The van der Waals surface area contributed by atoms with Crippen LogP contribution in [0.4, 0.5) is 5.69 Å². The third-order valence-corrected chi connectivity index (χ3v) is 8.48. The van der Waals surface area contributed by atoms with E-state index < -0.39 is 21.5 Å². The van der Waals surface area contributed by atoms with Crippen LogP contribution >= 0.6 is 0 Å². The first-order chi connectivity index (χ1) is 16.2. The number of carbonyl (C=O) groups is 2. The van der Waals surface area contributed by atoms with E-state index in [2.05, 4.69) is 12.2 Å². The highest BCUT2D eigenvalue weighted by Crippen LogP contribution is 2.22. The summed E-state index contributed by atoms with van der Waals surface area (Å²) in [6.45, 7) is 4.49. The Kier molecular flexibility index (Phi) is 6.90. The molecule has 0 aliphatic carbocycles. The Bertz CT molecular complexity index is 1240. The average Bonchev–Trinajstić information content (AvgIpc) is 3.38. The second-order valence-electron chi connectivity index (χ2n) is 9.12. The molecule has 34 heavy (non-hydrogen) atoms. The van der Waals surface area contributed by atoms with Crippen LogP contribution in [-0.2, 0) is 17.1 Å². The molecule has 1 N–H and O–H groups in total. The number of piperidine rings is 1. The molecule has 1 aromatic heterocycles. The van der Waals surface area contributed by atoms with Gasteiger partial charge in [0.15, 0.2) is 0 Å². The van der Waals surface area contributed by atoms with Crippen LogP contribution in [0.2, 0.25) is 0 Å². The highest BCUT2D eigenvalue weighted by atomic mass is 32.2. The number of carbonyl (C=O) groups excluding carboxylic acids is 2. The smallest absolute Gasteiger partial charge is 0.274 e. The van der Waals surface area contributed by atoms with Crippen molar-refractivity contribution >= 4 is 27.5 Å². The van der Waals surface area contributed by atoms with E-state index in [1.165, 1.54) is 52.4 Å². The summed E-state index contributed by atoms with van der Waals surface area (Å²) in [5, 5.41) is 2.58. The zero-order valence-corrected chi connectivity index (χ0v) is 20.3. The number of aryl methyl sites for hydroxylation is 1. The van der Waals surface area contributed by atoms with E-state index in [0.29, 0.717) is 37.7 Å². The first-order valence-corrected chi connectivity index (χ1v) is 13.0. The maximum absolute atomic E-state index is 13.0. The first kappa shape index (κ1) is 24.2. The predicted molar refractivity (Wildman–Crippen MR) is 128 cm³/mol. The Labute approximate surface area is 199 Å². The number of rotatable bonds is 5. The van der Waals surface area contributed by atoms with Crippen molar-refractivity contribution in [3.05, 3.63) is 58.0 Å². The zero-order chi connectivity index (χ0) is 24.5. The summed E-state index contributed by atoms with van der Waals surface area (Å²) in [6, 6.07) is 7.06. The Balaban J connectivity index is 1.51. The van der Waals surface area contributed by atoms with Gasteiger partial charge in [0.1, 0.15) is 5.69 Å². The van der Waals surface area contributed by atoms with Crippen molar-refractivity contribution in [3.8, 4) is 0 Å². The molecule has 2 saturated heterocycles. The standard InChI is InChI=1S/C24H30N4O5S/c1-17-9-13-27(14-10-17)23(30)19-15-21(24(31)26(2)16-19)25-22(29)18-5-7-20(8-6-18)34(32,33)28-11-3-4-12-28/h5-8,15-17H,3-4,9-14H2,1-2H3,(H,25,29). The second kappa shape index (κ2) is 9.71. The normalized spacial score (nSPS) is 17.6. The third kappa shape index (κ3) is 4.92. The topological polar surface area (TPSA) is 109 Å². The fraction of sp³-hybridized carbons (Fsp3) is 0.458. The minimum absolute atomic E-state index is 0.00232. The zero-order valence-electron chi connectivity index (χ0n) is 19.5. The van der Waals surface area contributed by atoms with Crippen LogP contribution in [0.1, 0.15) is 53.3 Å². The molecule has 0 unspecified atom stereocenters. The Hall–Kier alpha value is -2.98. The number of likely N-dealkylation sites (tertiary alicyclic amines) is 1. The van der Waals surface area contributed by atoms with E-state index in [4.69, 9.17) is 0 Å². The number of benzene rings is 1. The molecule has 0 bridgehead atoms. The first-order valence-electron chi connectivity index (χ1n) is 11.6. The lowest BCUT2D eigenvalue weighted by Crippen LogP contribution is -2.38. The van der Waals surface area contributed by atoms with Crippen molar-refractivity contribution in [1.82, 2.24) is 13.8 Å². The van der Waals surface area contributed by atoms with Crippen LogP contribution in [0.25, 0.3) is 0 Å². The summed E-state index contributed by atoms with van der Waals surface area (Å²) in [5.74, 6) is -0.149. The van der Waals surface area contributed by atoms with Crippen molar-refractivity contribution in [3.63, 3.8) is 0 Å². The van der Waals surface area contributed by atoms with E-state index in [0.717, 1.165) is 25.7 Å². The van der Waals surface area contributed by atoms with Crippen LogP contribution in [0.3, 0.4) is 0 Å². The van der Waals surface area contributed by atoms with Crippen LogP contribution < -0.4 is 10.9 Å². The van der Waals surface area contributed by atoms with Gasteiger partial charge in [-0.15, -0.1) is 0 Å². The van der Waals surface area contributed by atoms with Crippen molar-refractivity contribution in [2.75, 3.05) is 31.5 Å². The number of anilines is 1. The molecule has 9 nitrogen and oxygen atoms in total. The number of hydrogen-bond acceptors (Lipinski definition) is 5. The molecule has 4 rings (SSSR count). The van der Waals surface area contributed by atoms with Gasteiger partial charge in [-0.1, -0.05) is 6.92 Å². The monoisotopic (exact) mass is 486 g/mol. The number of pyridine rings is 1. The highest BCUT2D eigenvalue weighted by molar-refractivity contribution is 7.89. The maximum atomic E-state index is 13.0. The lowest BCUT2D eigenvalue weighted by atomic mass is 9.99. The lowest BCUT2D eigenvalue weighted by molar-refractivity contribution is 0.0696. The molecule has 2 aliphatic rings. The molecule has 2 fully saturated rings. The molecule has 2 aliphatic heterocycles. The van der Waals surface area contributed by atoms with Gasteiger partial charge in [0, 0.05) is 45.0 Å². The van der Waals surface area contributed by atoms with Gasteiger partial charge in [-0.2, -0.15) is 4.31 Å². The van der Waals surface area contributed by atoms with Gasteiger partial charge in [-0.25, -0.2) is 8.42 Å². The maximum Gasteiger partial charge on any atom is 0.274 e. The molecular formula is C24H30N4O5S. The van der Waals surface area contributed by atoms with Gasteiger partial charge in [0.25, 0.3) is 17.4 Å². The molecule has 0 radical (unpaired) electrons. The Morgan fingerprint density at radius 1 is 0.971 bits per heavy atom. The summed E-state index contributed by atoms with van der Waals surface area (Å²) in [5.41, 5.74) is 0.103. The molecule has 2 aromatic rings. The summed E-state index contributed by atoms with van der Waals surface area (Å²) >= 11 is 0. The van der Waals surface area contributed by atoms with E-state index in [-0.39, 0.29) is 22.1 Å². The van der Waals surface area contributed by atoms with Gasteiger partial charge in [0.2, 0.25) is 10.0 Å². The minimum Gasteiger partial charge on any atom is -0.339 e. The number of aromatic nitrogens is 1. The van der Waals surface area contributed by atoms with Crippen molar-refractivity contribution < 1.29 is 18.0 Å². The quantitative estimate of drug-likeness (QED) is 0.698. The van der Waals surface area contributed by atoms with Crippen molar-refractivity contribution in [2.45, 2.75) is 37.5 Å². The molecule has 1 aromatic carbocycles. The van der Waals surface area contributed by atoms with E-state index in [1.807, 2.05) is 0 Å². The second-order valence-corrected chi connectivity index (χ2v) is 11.1. The molecule has 182 valence electrons. The van der Waals surface area contributed by atoms with Crippen LogP contribution in [0, 0.1) is 5.92 Å². The summed E-state index contributed by atoms with van der Waals surface area (Å²) in [6.07, 6.45) is 5.03. The number of sulfonamides is 1. The van der Waals surface area contributed by atoms with Crippen LogP contribution in [0.5, 0.6) is 0 Å². The lowest BCUT2D eigenvalue weighted by Gasteiger charge is -2.30. The molecule has 0 spiro atoms. The summed E-state index contributed by atoms with van der Waals surface area (Å²) in [7, 11) is -2.04. The number of hydrogen-bond donors (Lipinski definition) is 1.